The summed E-state index contributed by atoms with van der Waals surface area (Å²) in [5, 5.41) is 12.2. The second kappa shape index (κ2) is 4.79. The number of benzene rings is 1. The quantitative estimate of drug-likeness (QED) is 0.823. The summed E-state index contributed by atoms with van der Waals surface area (Å²) in [5.41, 5.74) is 0.803. The van der Waals surface area contributed by atoms with Crippen LogP contribution < -0.4 is 10.8 Å². The SMILES string of the molecule is CNc1ccc(C(=O)O)cc1B1OC(C)(C)C(C)(C)O1. The molecule has 0 unspecified atom stereocenters. The second-order valence-corrected chi connectivity index (χ2v) is 5.95. The van der Waals surface area contributed by atoms with Crippen LogP contribution in [0.1, 0.15) is 38.1 Å². The third-order valence-corrected chi connectivity index (χ3v) is 4.08. The summed E-state index contributed by atoms with van der Waals surface area (Å²) < 4.78 is 11.9. The zero-order valence-corrected chi connectivity index (χ0v) is 12.5. The predicted molar refractivity (Wildman–Crippen MR) is 78.7 cm³/mol. The highest BCUT2D eigenvalue weighted by Gasteiger charge is 2.52. The second-order valence-electron chi connectivity index (χ2n) is 5.95. The first-order valence-electron chi connectivity index (χ1n) is 6.58. The number of nitrogens with one attached hydrogen (secondary N) is 1. The summed E-state index contributed by atoms with van der Waals surface area (Å²) in [6.07, 6.45) is 0. The van der Waals surface area contributed by atoms with Crippen LogP contribution in [0, 0.1) is 0 Å². The summed E-state index contributed by atoms with van der Waals surface area (Å²) in [7, 11) is 1.20. The molecule has 1 saturated heterocycles. The van der Waals surface area contributed by atoms with E-state index in [0.29, 0.717) is 5.46 Å². The van der Waals surface area contributed by atoms with Gasteiger partial charge in [0.05, 0.1) is 16.8 Å². The van der Waals surface area contributed by atoms with Crippen LogP contribution in [-0.2, 0) is 9.31 Å². The van der Waals surface area contributed by atoms with Crippen molar-refractivity contribution in [3.8, 4) is 0 Å². The fourth-order valence-corrected chi connectivity index (χ4v) is 2.09. The molecule has 0 bridgehead atoms. The van der Waals surface area contributed by atoms with Crippen molar-refractivity contribution in [3.05, 3.63) is 23.8 Å². The number of aromatic carboxylic acids is 1. The topological polar surface area (TPSA) is 67.8 Å². The van der Waals surface area contributed by atoms with Gasteiger partial charge in [0.15, 0.2) is 0 Å². The van der Waals surface area contributed by atoms with Gasteiger partial charge in [-0.15, -0.1) is 0 Å². The van der Waals surface area contributed by atoms with E-state index in [4.69, 9.17) is 14.4 Å². The molecule has 1 aromatic carbocycles. The fraction of sp³-hybridized carbons (Fsp3) is 0.500. The molecule has 0 atom stereocenters. The van der Waals surface area contributed by atoms with E-state index >= 15 is 0 Å². The number of carboxylic acid groups (broad SMARTS) is 1. The first kappa shape index (κ1) is 14.9. The Morgan fingerprint density at radius 3 is 2.20 bits per heavy atom. The van der Waals surface area contributed by atoms with Crippen molar-refractivity contribution in [2.75, 3.05) is 12.4 Å². The van der Waals surface area contributed by atoms with E-state index in [0.717, 1.165) is 5.69 Å². The molecule has 1 aliphatic rings. The summed E-state index contributed by atoms with van der Waals surface area (Å²) in [4.78, 5) is 11.1. The van der Waals surface area contributed by atoms with E-state index in [2.05, 4.69) is 5.32 Å². The molecule has 2 N–H and O–H groups in total. The van der Waals surface area contributed by atoms with Crippen molar-refractivity contribution < 1.29 is 19.2 Å². The molecule has 0 aromatic heterocycles. The summed E-state index contributed by atoms with van der Waals surface area (Å²) in [5.74, 6) is -0.967. The van der Waals surface area contributed by atoms with Gasteiger partial charge in [0.25, 0.3) is 0 Å². The van der Waals surface area contributed by atoms with Crippen molar-refractivity contribution in [1.29, 1.82) is 0 Å². The number of hydrogen-bond acceptors (Lipinski definition) is 4. The molecule has 1 fully saturated rings. The predicted octanol–water partition coefficient (Wildman–Crippen LogP) is 1.73. The standard InChI is InChI=1S/C14H20BNO4/c1-13(2)14(3,4)20-15(19-13)10-8-9(12(17)18)6-7-11(10)16-5/h6-8,16H,1-5H3,(H,17,18). The average Bonchev–Trinajstić information content (AvgIpc) is 2.57. The monoisotopic (exact) mass is 277 g/mol. The van der Waals surface area contributed by atoms with Gasteiger partial charge < -0.3 is 19.7 Å². The molecular formula is C14H20BNO4. The van der Waals surface area contributed by atoms with E-state index in [1.807, 2.05) is 27.7 Å². The first-order chi connectivity index (χ1) is 9.18. The summed E-state index contributed by atoms with van der Waals surface area (Å²) in [6.45, 7) is 7.86. The molecule has 5 nitrogen and oxygen atoms in total. The highest BCUT2D eigenvalue weighted by Crippen LogP contribution is 2.37. The smallest absolute Gasteiger partial charge is 0.478 e. The van der Waals surface area contributed by atoms with Crippen LogP contribution in [0.25, 0.3) is 0 Å². The van der Waals surface area contributed by atoms with Gasteiger partial charge in [0.2, 0.25) is 0 Å². The Kier molecular flexibility index (Phi) is 3.56. The van der Waals surface area contributed by atoms with E-state index in [9.17, 15) is 4.79 Å². The van der Waals surface area contributed by atoms with E-state index < -0.39 is 24.3 Å². The zero-order chi connectivity index (χ0) is 15.1. The van der Waals surface area contributed by atoms with Crippen LogP contribution in [0.15, 0.2) is 18.2 Å². The maximum atomic E-state index is 11.1. The molecular weight excluding hydrogens is 257 g/mol. The maximum absolute atomic E-state index is 11.1. The van der Waals surface area contributed by atoms with E-state index in [1.54, 1.807) is 25.2 Å². The maximum Gasteiger partial charge on any atom is 0.496 e. The Morgan fingerprint density at radius 2 is 1.75 bits per heavy atom. The van der Waals surface area contributed by atoms with Crippen molar-refractivity contribution in [1.82, 2.24) is 0 Å². The lowest BCUT2D eigenvalue weighted by molar-refractivity contribution is 0.00578. The molecule has 0 saturated carbocycles. The van der Waals surface area contributed by atoms with E-state index in [1.165, 1.54) is 0 Å². The first-order valence-corrected chi connectivity index (χ1v) is 6.58. The molecule has 6 heteroatoms. The van der Waals surface area contributed by atoms with Gasteiger partial charge in [-0.25, -0.2) is 4.79 Å². The van der Waals surface area contributed by atoms with Gasteiger partial charge in [0, 0.05) is 18.2 Å². The van der Waals surface area contributed by atoms with Crippen LogP contribution in [0.3, 0.4) is 0 Å². The number of hydrogen-bond donors (Lipinski definition) is 2. The lowest BCUT2D eigenvalue weighted by Crippen LogP contribution is -2.41. The van der Waals surface area contributed by atoms with Gasteiger partial charge in [-0.2, -0.15) is 0 Å². The Balaban J connectivity index is 2.43. The number of carbonyl (C=O) groups is 1. The normalized spacial score (nSPS) is 19.9. The van der Waals surface area contributed by atoms with Crippen LogP contribution in [-0.4, -0.2) is 36.4 Å². The third kappa shape index (κ3) is 2.41. The van der Waals surface area contributed by atoms with Gasteiger partial charge in [0.1, 0.15) is 0 Å². The number of carboxylic acids is 1. The van der Waals surface area contributed by atoms with Crippen molar-refractivity contribution in [2.24, 2.45) is 0 Å². The lowest BCUT2D eigenvalue weighted by atomic mass is 9.77. The van der Waals surface area contributed by atoms with Crippen LogP contribution in [0.5, 0.6) is 0 Å². The summed E-state index contributed by atoms with van der Waals surface area (Å²) in [6, 6.07) is 4.88. The third-order valence-electron chi connectivity index (χ3n) is 4.08. The Morgan fingerprint density at radius 1 is 1.20 bits per heavy atom. The van der Waals surface area contributed by atoms with Crippen LogP contribution in [0.2, 0.25) is 0 Å². The molecule has 108 valence electrons. The van der Waals surface area contributed by atoms with Crippen molar-refractivity contribution >= 4 is 24.2 Å². The van der Waals surface area contributed by atoms with Gasteiger partial charge >= 0.3 is 13.1 Å². The molecule has 1 aliphatic heterocycles. The molecule has 0 radical (unpaired) electrons. The molecule has 2 rings (SSSR count). The fourth-order valence-electron chi connectivity index (χ4n) is 2.09. The molecule has 20 heavy (non-hydrogen) atoms. The number of anilines is 1. The Labute approximate surface area is 119 Å². The highest BCUT2D eigenvalue weighted by molar-refractivity contribution is 6.64. The molecule has 0 spiro atoms. The molecule has 1 heterocycles. The summed E-state index contributed by atoms with van der Waals surface area (Å²) >= 11 is 0. The van der Waals surface area contributed by atoms with Crippen LogP contribution in [0.4, 0.5) is 5.69 Å². The van der Waals surface area contributed by atoms with Crippen LogP contribution >= 0.6 is 0 Å². The highest BCUT2D eigenvalue weighted by atomic mass is 16.7. The Hall–Kier alpha value is -1.53. The molecule has 1 aromatic rings. The minimum absolute atomic E-state index is 0.216. The van der Waals surface area contributed by atoms with Gasteiger partial charge in [-0.3, -0.25) is 0 Å². The largest absolute Gasteiger partial charge is 0.496 e. The zero-order valence-electron chi connectivity index (χ0n) is 12.5. The van der Waals surface area contributed by atoms with E-state index in [-0.39, 0.29) is 5.56 Å². The number of rotatable bonds is 3. The molecule has 0 aliphatic carbocycles. The lowest BCUT2D eigenvalue weighted by Gasteiger charge is -2.32. The Bertz CT molecular complexity index is 526. The minimum Gasteiger partial charge on any atom is -0.478 e. The van der Waals surface area contributed by atoms with Crippen molar-refractivity contribution in [2.45, 2.75) is 38.9 Å². The van der Waals surface area contributed by atoms with Crippen molar-refractivity contribution in [3.63, 3.8) is 0 Å². The van der Waals surface area contributed by atoms with Gasteiger partial charge in [-0.1, -0.05) is 0 Å². The van der Waals surface area contributed by atoms with Gasteiger partial charge in [-0.05, 0) is 45.9 Å². The average molecular weight is 277 g/mol. The minimum atomic E-state index is -0.967. The molecule has 0 amide bonds.